The van der Waals surface area contributed by atoms with E-state index in [4.69, 9.17) is 10.5 Å². The van der Waals surface area contributed by atoms with Crippen molar-refractivity contribution in [2.45, 2.75) is 0 Å². The lowest BCUT2D eigenvalue weighted by Crippen LogP contribution is -2.00. The number of para-hydroxylation sites is 1. The van der Waals surface area contributed by atoms with E-state index in [0.717, 1.165) is 33.9 Å². The first kappa shape index (κ1) is 17.0. The van der Waals surface area contributed by atoms with Crippen molar-refractivity contribution >= 4 is 11.3 Å². The minimum Gasteiger partial charge on any atom is -0.457 e. The first-order chi connectivity index (χ1) is 14.3. The number of hydrogen-bond donors (Lipinski definition) is 1. The van der Waals surface area contributed by atoms with Gasteiger partial charge in [-0.1, -0.05) is 60.7 Å². The summed E-state index contributed by atoms with van der Waals surface area (Å²) >= 11 is 0. The van der Waals surface area contributed by atoms with Crippen molar-refractivity contribution in [1.82, 2.24) is 14.6 Å². The Morgan fingerprint density at radius 3 is 2.21 bits per heavy atom. The van der Waals surface area contributed by atoms with Crippen molar-refractivity contribution in [2.24, 2.45) is 0 Å². The Morgan fingerprint density at radius 2 is 1.41 bits per heavy atom. The van der Waals surface area contributed by atoms with Crippen LogP contribution in [0.3, 0.4) is 0 Å². The summed E-state index contributed by atoms with van der Waals surface area (Å²) in [6, 6.07) is 27.8. The van der Waals surface area contributed by atoms with Crippen LogP contribution in [0.25, 0.3) is 28.0 Å². The molecule has 5 aromatic rings. The van der Waals surface area contributed by atoms with Crippen molar-refractivity contribution in [3.05, 3.63) is 97.3 Å². The monoisotopic (exact) mass is 378 g/mol. The largest absolute Gasteiger partial charge is 0.457 e. The molecule has 0 spiro atoms. The highest BCUT2D eigenvalue weighted by Crippen LogP contribution is 2.35. The summed E-state index contributed by atoms with van der Waals surface area (Å²) in [6.45, 7) is 0. The van der Waals surface area contributed by atoms with Gasteiger partial charge in [0.05, 0.1) is 17.6 Å². The third kappa shape index (κ3) is 3.19. The molecule has 140 valence electrons. The van der Waals surface area contributed by atoms with Gasteiger partial charge in [-0.2, -0.15) is 5.10 Å². The van der Waals surface area contributed by atoms with Crippen LogP contribution in [0.2, 0.25) is 0 Å². The molecule has 0 amide bonds. The maximum atomic E-state index is 6.07. The molecule has 3 aromatic carbocycles. The van der Waals surface area contributed by atoms with Crippen LogP contribution in [0.15, 0.2) is 97.3 Å². The highest BCUT2D eigenvalue weighted by Gasteiger charge is 2.16. The molecule has 0 saturated heterocycles. The van der Waals surface area contributed by atoms with E-state index in [1.54, 1.807) is 10.7 Å². The predicted molar refractivity (Wildman–Crippen MR) is 115 cm³/mol. The first-order valence-electron chi connectivity index (χ1n) is 9.30. The van der Waals surface area contributed by atoms with Crippen LogP contribution in [0.5, 0.6) is 11.5 Å². The molecule has 2 N–H and O–H groups in total. The van der Waals surface area contributed by atoms with Gasteiger partial charge in [-0.25, -0.2) is 9.50 Å². The fourth-order valence-electron chi connectivity index (χ4n) is 3.39. The number of hydrogen-bond acceptors (Lipinski definition) is 4. The highest BCUT2D eigenvalue weighted by molar-refractivity contribution is 5.84. The van der Waals surface area contributed by atoms with Crippen LogP contribution in [0.1, 0.15) is 0 Å². The van der Waals surface area contributed by atoms with Crippen molar-refractivity contribution in [3.63, 3.8) is 0 Å². The van der Waals surface area contributed by atoms with Gasteiger partial charge in [0.1, 0.15) is 11.5 Å². The van der Waals surface area contributed by atoms with Gasteiger partial charge in [-0.3, -0.25) is 0 Å². The van der Waals surface area contributed by atoms with E-state index in [1.807, 2.05) is 79.0 Å². The van der Waals surface area contributed by atoms with Crippen LogP contribution in [-0.2, 0) is 0 Å². The fraction of sp³-hybridized carbons (Fsp3) is 0. The molecule has 0 atom stereocenters. The summed E-state index contributed by atoms with van der Waals surface area (Å²) in [5.74, 6) is 1.54. The standard InChI is InChI=1S/C24H18N4O/c25-22-16-27-28-23(21(15-26-24(22)28)17-8-3-1-4-9-17)18-10-7-13-20(14-18)29-19-11-5-2-6-12-19/h1-16H,25H2. The molecule has 5 heteroatoms. The maximum Gasteiger partial charge on any atom is 0.178 e. The van der Waals surface area contributed by atoms with Gasteiger partial charge in [0.15, 0.2) is 5.65 Å². The van der Waals surface area contributed by atoms with Crippen LogP contribution >= 0.6 is 0 Å². The number of fused-ring (bicyclic) bond motifs is 1. The average Bonchev–Trinajstić information content (AvgIpc) is 3.15. The third-order valence-corrected chi connectivity index (χ3v) is 4.73. The Morgan fingerprint density at radius 1 is 0.724 bits per heavy atom. The van der Waals surface area contributed by atoms with Crippen molar-refractivity contribution in [2.75, 3.05) is 5.73 Å². The topological polar surface area (TPSA) is 65.4 Å². The van der Waals surface area contributed by atoms with Gasteiger partial charge in [0.2, 0.25) is 0 Å². The number of ether oxygens (including phenoxy) is 1. The molecule has 0 aliphatic heterocycles. The molecule has 0 aliphatic rings. The summed E-state index contributed by atoms with van der Waals surface area (Å²) < 4.78 is 7.82. The van der Waals surface area contributed by atoms with E-state index in [9.17, 15) is 0 Å². The Bertz CT molecular complexity index is 1280. The van der Waals surface area contributed by atoms with E-state index >= 15 is 0 Å². The van der Waals surface area contributed by atoms with E-state index in [0.29, 0.717) is 11.3 Å². The number of benzene rings is 3. The van der Waals surface area contributed by atoms with Gasteiger partial charge in [0, 0.05) is 17.3 Å². The molecule has 5 rings (SSSR count). The summed E-state index contributed by atoms with van der Waals surface area (Å²) in [7, 11) is 0. The molecule has 0 radical (unpaired) electrons. The maximum absolute atomic E-state index is 6.07. The lowest BCUT2D eigenvalue weighted by molar-refractivity contribution is 0.483. The minimum atomic E-state index is 0.544. The molecule has 0 aliphatic carbocycles. The molecule has 0 saturated carbocycles. The van der Waals surface area contributed by atoms with E-state index in [-0.39, 0.29) is 0 Å². The molecule has 0 unspecified atom stereocenters. The molecule has 0 fully saturated rings. The molecular weight excluding hydrogens is 360 g/mol. The summed E-state index contributed by atoms with van der Waals surface area (Å²) in [6.07, 6.45) is 3.48. The van der Waals surface area contributed by atoms with Crippen molar-refractivity contribution in [1.29, 1.82) is 0 Å². The second-order valence-electron chi connectivity index (χ2n) is 6.66. The second kappa shape index (κ2) is 7.13. The van der Waals surface area contributed by atoms with Crippen molar-refractivity contribution in [3.8, 4) is 33.9 Å². The summed E-state index contributed by atoms with van der Waals surface area (Å²) in [5.41, 5.74) is 11.2. The lowest BCUT2D eigenvalue weighted by Gasteiger charge is -2.13. The Balaban J connectivity index is 1.69. The van der Waals surface area contributed by atoms with Gasteiger partial charge < -0.3 is 10.5 Å². The Kier molecular flexibility index (Phi) is 4.18. The van der Waals surface area contributed by atoms with Gasteiger partial charge in [-0.15, -0.1) is 0 Å². The SMILES string of the molecule is Nc1cnn2c(-c3cccc(Oc4ccccc4)c3)c(-c3ccccc3)cnc12. The Labute approximate surface area is 168 Å². The zero-order valence-electron chi connectivity index (χ0n) is 15.6. The smallest absolute Gasteiger partial charge is 0.178 e. The Hall–Kier alpha value is -4.12. The highest BCUT2D eigenvalue weighted by atomic mass is 16.5. The summed E-state index contributed by atoms with van der Waals surface area (Å²) in [5, 5.41) is 4.48. The molecular formula is C24H18N4O. The predicted octanol–water partition coefficient (Wildman–Crippen LogP) is 5.44. The van der Waals surface area contributed by atoms with Crippen molar-refractivity contribution < 1.29 is 4.74 Å². The number of nitrogens with two attached hydrogens (primary N) is 1. The zero-order valence-corrected chi connectivity index (χ0v) is 15.6. The second-order valence-corrected chi connectivity index (χ2v) is 6.66. The molecule has 29 heavy (non-hydrogen) atoms. The van der Waals surface area contributed by atoms with Crippen LogP contribution in [0, 0.1) is 0 Å². The molecule has 5 nitrogen and oxygen atoms in total. The molecule has 2 heterocycles. The fourth-order valence-corrected chi connectivity index (χ4v) is 3.39. The van der Waals surface area contributed by atoms with Crippen LogP contribution in [0.4, 0.5) is 5.69 Å². The van der Waals surface area contributed by atoms with E-state index in [1.165, 1.54) is 0 Å². The normalized spacial score (nSPS) is 10.9. The summed E-state index contributed by atoms with van der Waals surface area (Å²) in [4.78, 5) is 4.54. The number of anilines is 1. The number of aromatic nitrogens is 3. The molecule has 2 aromatic heterocycles. The van der Waals surface area contributed by atoms with E-state index < -0.39 is 0 Å². The third-order valence-electron chi connectivity index (χ3n) is 4.73. The zero-order chi connectivity index (χ0) is 19.6. The lowest BCUT2D eigenvalue weighted by atomic mass is 10.0. The number of nitrogen functional groups attached to an aromatic ring is 1. The minimum absolute atomic E-state index is 0.544. The van der Waals surface area contributed by atoms with E-state index in [2.05, 4.69) is 22.2 Å². The first-order valence-corrected chi connectivity index (χ1v) is 9.30. The molecule has 0 bridgehead atoms. The van der Waals surface area contributed by atoms with Crippen LogP contribution < -0.4 is 10.5 Å². The number of rotatable bonds is 4. The van der Waals surface area contributed by atoms with Crippen LogP contribution in [-0.4, -0.2) is 14.6 Å². The average molecular weight is 378 g/mol. The quantitative estimate of drug-likeness (QED) is 0.452. The van der Waals surface area contributed by atoms with Gasteiger partial charge >= 0.3 is 0 Å². The van der Waals surface area contributed by atoms with Gasteiger partial charge in [0.25, 0.3) is 0 Å². The number of nitrogens with zero attached hydrogens (tertiary/aromatic N) is 3. The van der Waals surface area contributed by atoms with Gasteiger partial charge in [-0.05, 0) is 29.8 Å².